The van der Waals surface area contributed by atoms with E-state index in [0.717, 1.165) is 50.9 Å². The molecule has 3 amide bonds. The molecule has 0 bridgehead atoms. The molecular weight excluding hydrogens is 801 g/mol. The molecule has 2 aliphatic rings. The lowest BCUT2D eigenvalue weighted by Crippen LogP contribution is -2.38. The van der Waals surface area contributed by atoms with E-state index in [1.54, 1.807) is 30.3 Å². The van der Waals surface area contributed by atoms with Crippen LogP contribution in [0.4, 0.5) is 0 Å². The van der Waals surface area contributed by atoms with E-state index in [9.17, 15) is 24.4 Å². The number of nitrogens with zero attached hydrogens (tertiary/aromatic N) is 5. The van der Waals surface area contributed by atoms with Crippen molar-refractivity contribution in [1.29, 1.82) is 0 Å². The number of carbonyl (C=O) groups is 3. The summed E-state index contributed by atoms with van der Waals surface area (Å²) in [6.07, 6.45) is 1.68. The summed E-state index contributed by atoms with van der Waals surface area (Å²) >= 11 is 7.52. The molecule has 6 aromatic rings. The second-order valence-corrected chi connectivity index (χ2v) is 16.4. The summed E-state index contributed by atoms with van der Waals surface area (Å²) in [6.45, 7) is 5.53. The van der Waals surface area contributed by atoms with Crippen LogP contribution >= 0.6 is 22.9 Å². The Kier molecular flexibility index (Phi) is 12.1. The van der Waals surface area contributed by atoms with E-state index in [-0.39, 0.29) is 36.7 Å². The van der Waals surface area contributed by atoms with Gasteiger partial charge < -0.3 is 30.3 Å². The van der Waals surface area contributed by atoms with Gasteiger partial charge in [-0.15, -0.1) is 21.5 Å². The van der Waals surface area contributed by atoms with Gasteiger partial charge in [-0.2, -0.15) is 0 Å². The second kappa shape index (κ2) is 17.8. The predicted octanol–water partition coefficient (Wildman–Crippen LogP) is 5.26. The van der Waals surface area contributed by atoms with Gasteiger partial charge in [0.15, 0.2) is 12.4 Å². The number of nitrogens with one attached hydrogen (secondary N) is 2. The molecule has 2 aliphatic heterocycles. The van der Waals surface area contributed by atoms with Gasteiger partial charge in [-0.25, -0.2) is 0 Å². The first kappa shape index (κ1) is 40.9. The fourth-order valence-corrected chi connectivity index (χ4v) is 9.01. The number of thiophene rings is 1. The van der Waals surface area contributed by atoms with Crippen LogP contribution in [0, 0.1) is 6.92 Å². The molecule has 1 fully saturated rings. The number of ether oxygens (including phenoxy) is 1. The van der Waals surface area contributed by atoms with Crippen molar-refractivity contribution >= 4 is 68.4 Å². The Labute approximate surface area is 356 Å². The molecular formula is C44H43BClN7O6S. The maximum atomic E-state index is 13.6. The molecule has 2 aromatic heterocycles. The molecule has 8 rings (SSSR count). The molecule has 306 valence electrons. The fourth-order valence-electron chi connectivity index (χ4n) is 7.92. The topological polar surface area (TPSA) is 171 Å². The third kappa shape index (κ3) is 8.71. The van der Waals surface area contributed by atoms with Gasteiger partial charge in [-0.1, -0.05) is 54.1 Å². The van der Waals surface area contributed by atoms with Crippen molar-refractivity contribution < 1.29 is 29.2 Å². The fraction of sp³-hybridized carbons (Fsp3) is 0.273. The summed E-state index contributed by atoms with van der Waals surface area (Å²) in [5.41, 5.74) is 5.60. The number of hydrogen-bond donors (Lipinski definition) is 4. The van der Waals surface area contributed by atoms with E-state index >= 15 is 0 Å². The number of aliphatic imine (C=N–C) groups is 1. The van der Waals surface area contributed by atoms with Crippen molar-refractivity contribution in [2.45, 2.75) is 51.6 Å². The number of likely N-dealkylation sites (tertiary alicyclic amines) is 1. The minimum Gasteiger partial charge on any atom is -0.484 e. The summed E-state index contributed by atoms with van der Waals surface area (Å²) in [5.74, 6) is 1.42. The zero-order chi connectivity index (χ0) is 41.9. The number of aromatic nitrogens is 3. The molecule has 0 unspecified atom stereocenters. The third-order valence-corrected chi connectivity index (χ3v) is 12.3. The van der Waals surface area contributed by atoms with Gasteiger partial charge in [0, 0.05) is 62.8 Å². The number of carbonyl (C=O) groups excluding carboxylic acids is 3. The number of hydrogen-bond acceptors (Lipinski definition) is 10. The highest BCUT2D eigenvalue weighted by molar-refractivity contribution is 7.28. The Bertz CT molecular complexity index is 2600. The first-order valence-electron chi connectivity index (χ1n) is 19.9. The molecule has 1 saturated heterocycles. The van der Waals surface area contributed by atoms with E-state index in [1.165, 1.54) is 11.3 Å². The van der Waals surface area contributed by atoms with Crippen molar-refractivity contribution in [2.24, 2.45) is 4.99 Å². The molecule has 16 heteroatoms. The van der Waals surface area contributed by atoms with Gasteiger partial charge in [0.05, 0.1) is 17.8 Å². The van der Waals surface area contributed by atoms with Crippen LogP contribution in [0.1, 0.15) is 82.4 Å². The van der Waals surface area contributed by atoms with E-state index < -0.39 is 13.2 Å². The predicted molar refractivity (Wildman–Crippen MR) is 233 cm³/mol. The van der Waals surface area contributed by atoms with Gasteiger partial charge in [-0.3, -0.25) is 23.9 Å². The first-order valence-corrected chi connectivity index (χ1v) is 21.1. The molecule has 4 heterocycles. The van der Waals surface area contributed by atoms with E-state index in [4.69, 9.17) is 21.3 Å². The summed E-state index contributed by atoms with van der Waals surface area (Å²) < 4.78 is 9.22. The lowest BCUT2D eigenvalue weighted by atomic mass is 9.88. The summed E-state index contributed by atoms with van der Waals surface area (Å²) in [7, 11) is -1.58. The zero-order valence-corrected chi connectivity index (χ0v) is 34.7. The summed E-state index contributed by atoms with van der Waals surface area (Å²) in [5, 5.41) is 35.2. The van der Waals surface area contributed by atoms with Crippen molar-refractivity contribution in [3.05, 3.63) is 135 Å². The Morgan fingerprint density at radius 3 is 2.48 bits per heavy atom. The minimum absolute atomic E-state index is 0.0582. The molecule has 4 N–H and O–H groups in total. The molecule has 4 aromatic carbocycles. The van der Waals surface area contributed by atoms with E-state index in [2.05, 4.69) is 33.0 Å². The number of piperidine rings is 1. The van der Waals surface area contributed by atoms with Crippen LogP contribution in [0.2, 0.25) is 5.02 Å². The van der Waals surface area contributed by atoms with E-state index in [0.29, 0.717) is 64.7 Å². The Hall–Kier alpha value is -5.87. The van der Waals surface area contributed by atoms with Gasteiger partial charge in [0.2, 0.25) is 5.91 Å². The van der Waals surface area contributed by atoms with Crippen molar-refractivity contribution in [2.75, 3.05) is 26.2 Å². The maximum absolute atomic E-state index is 13.6. The van der Waals surface area contributed by atoms with Crippen molar-refractivity contribution in [3.8, 4) is 11.4 Å². The standard InChI is InChI=1S/C44H43BClN7O6S/c1-3-47-40(54)23-36-43-51-50-26(2)53(43)37-15-14-32(21-35(37)42(49-36)29-10-12-31(46)13-11-29)59-25-41(55)48-24-27-6-4-7-30(20-27)28-16-18-52(19-17-28)44(56)33-8-5-9-38-34(33)22-39(60-38)45(57)58/h4-15,20-22,28,36,57-58H,3,16-19,23-25H2,1-2H3,(H,47,54)(H,48,55)/t36-/m0/s1. The van der Waals surface area contributed by atoms with Crippen LogP contribution in [-0.2, 0) is 16.1 Å². The number of rotatable bonds is 12. The van der Waals surface area contributed by atoms with Crippen LogP contribution in [0.15, 0.2) is 96.0 Å². The highest BCUT2D eigenvalue weighted by atomic mass is 35.5. The number of halogens is 1. The number of amides is 3. The van der Waals surface area contributed by atoms with Crippen LogP contribution in [-0.4, -0.2) is 86.5 Å². The highest BCUT2D eigenvalue weighted by Crippen LogP contribution is 2.35. The SMILES string of the molecule is CCNC(=O)C[C@@H]1N=C(c2ccc(Cl)cc2)c2cc(OCC(=O)NCc3cccc(C4CCN(C(=O)c5cccc6sc(B(O)O)cc56)CC4)c3)ccc2-n2c(C)nnc21. The van der Waals surface area contributed by atoms with Crippen LogP contribution < -0.4 is 20.1 Å². The van der Waals surface area contributed by atoms with Crippen LogP contribution in [0.5, 0.6) is 5.75 Å². The van der Waals surface area contributed by atoms with Gasteiger partial charge >= 0.3 is 7.12 Å². The smallest absolute Gasteiger partial charge is 0.484 e. The lowest BCUT2D eigenvalue weighted by Gasteiger charge is -2.32. The molecule has 0 spiro atoms. The van der Waals surface area contributed by atoms with Gasteiger partial charge in [0.25, 0.3) is 11.8 Å². The largest absolute Gasteiger partial charge is 0.499 e. The van der Waals surface area contributed by atoms with Crippen molar-refractivity contribution in [1.82, 2.24) is 30.3 Å². The molecule has 0 radical (unpaired) electrons. The number of benzene rings is 4. The molecule has 1 atom stereocenters. The Balaban J connectivity index is 0.913. The molecule has 0 aliphatic carbocycles. The quantitative estimate of drug-likeness (QED) is 0.121. The normalized spacial score (nSPS) is 15.1. The molecule has 60 heavy (non-hydrogen) atoms. The number of fused-ring (bicyclic) bond motifs is 4. The minimum atomic E-state index is -1.58. The highest BCUT2D eigenvalue weighted by Gasteiger charge is 2.31. The van der Waals surface area contributed by atoms with Gasteiger partial charge in [-0.05, 0) is 92.3 Å². The average Bonchev–Trinajstić information content (AvgIpc) is 3.85. The van der Waals surface area contributed by atoms with Crippen LogP contribution in [0.3, 0.4) is 0 Å². The number of aryl methyl sites for hydroxylation is 1. The van der Waals surface area contributed by atoms with Crippen LogP contribution in [0.25, 0.3) is 15.8 Å². The summed E-state index contributed by atoms with van der Waals surface area (Å²) in [4.78, 5) is 46.5. The Morgan fingerprint density at radius 2 is 1.72 bits per heavy atom. The first-order chi connectivity index (χ1) is 29.1. The molecule has 13 nitrogen and oxygen atoms in total. The van der Waals surface area contributed by atoms with Crippen molar-refractivity contribution in [3.63, 3.8) is 0 Å². The summed E-state index contributed by atoms with van der Waals surface area (Å²) in [6, 6.07) is 27.6. The lowest BCUT2D eigenvalue weighted by molar-refractivity contribution is -0.123. The average molecular weight is 844 g/mol. The Morgan fingerprint density at radius 1 is 0.933 bits per heavy atom. The third-order valence-electron chi connectivity index (χ3n) is 10.9. The van der Waals surface area contributed by atoms with Gasteiger partial charge in [0.1, 0.15) is 17.6 Å². The second-order valence-electron chi connectivity index (χ2n) is 14.9. The monoisotopic (exact) mass is 843 g/mol. The van der Waals surface area contributed by atoms with E-state index in [1.807, 2.05) is 71.8 Å². The maximum Gasteiger partial charge on any atom is 0.499 e. The zero-order valence-electron chi connectivity index (χ0n) is 33.1. The molecule has 0 saturated carbocycles.